The summed E-state index contributed by atoms with van der Waals surface area (Å²) in [5, 5.41) is 13.3. The molecule has 4 aromatic rings. The van der Waals surface area contributed by atoms with E-state index < -0.39 is 11.9 Å². The largest absolute Gasteiger partial charge is 0.477 e. The van der Waals surface area contributed by atoms with Gasteiger partial charge in [-0.2, -0.15) is 0 Å². The van der Waals surface area contributed by atoms with Crippen molar-refractivity contribution in [1.29, 1.82) is 0 Å². The molecule has 0 bridgehead atoms. The third-order valence-corrected chi connectivity index (χ3v) is 5.85. The van der Waals surface area contributed by atoms with E-state index >= 15 is 0 Å². The number of carboxylic acids is 1. The Balaban J connectivity index is 1.60. The number of amides is 1. The summed E-state index contributed by atoms with van der Waals surface area (Å²) in [5.74, 6) is -1.81. The maximum Gasteiger partial charge on any atom is 0.354 e. The number of aliphatic carboxylic acids is 1. The number of aryl methyl sites for hydroxylation is 1. The van der Waals surface area contributed by atoms with E-state index in [2.05, 4.69) is 52.1 Å². The molecule has 1 amide bonds. The number of hydrogen-bond acceptors (Lipinski definition) is 3. The summed E-state index contributed by atoms with van der Waals surface area (Å²) >= 11 is 0. The maximum absolute atomic E-state index is 12.9. The van der Waals surface area contributed by atoms with Gasteiger partial charge in [-0.25, -0.2) is 4.79 Å². The van der Waals surface area contributed by atoms with Crippen molar-refractivity contribution in [3.63, 3.8) is 0 Å². The lowest BCUT2D eigenvalue weighted by Crippen LogP contribution is -2.26. The fraction of sp³-hybridized carbons (Fsp3) is 0.100. The van der Waals surface area contributed by atoms with E-state index in [-0.39, 0.29) is 11.3 Å². The Morgan fingerprint density at radius 1 is 1.00 bits per heavy atom. The zero-order chi connectivity index (χ0) is 25.5. The van der Waals surface area contributed by atoms with Crippen LogP contribution in [0.5, 0.6) is 0 Å². The summed E-state index contributed by atoms with van der Waals surface area (Å²) in [7, 11) is 1.35. The van der Waals surface area contributed by atoms with Crippen molar-refractivity contribution < 1.29 is 14.7 Å². The van der Waals surface area contributed by atoms with Crippen LogP contribution in [0.15, 0.2) is 108 Å². The molecule has 0 fully saturated rings. The van der Waals surface area contributed by atoms with Gasteiger partial charge in [-0.15, -0.1) is 0 Å². The summed E-state index contributed by atoms with van der Waals surface area (Å²) in [5.41, 5.74) is 4.63. The summed E-state index contributed by atoms with van der Waals surface area (Å²) < 4.78 is 2.14. The summed E-state index contributed by atoms with van der Waals surface area (Å²) in [6.07, 6.45) is 8.01. The Morgan fingerprint density at radius 3 is 2.42 bits per heavy atom. The molecule has 0 aliphatic carbocycles. The van der Waals surface area contributed by atoms with E-state index in [1.54, 1.807) is 30.3 Å². The highest BCUT2D eigenvalue weighted by atomic mass is 16.4. The molecule has 6 nitrogen and oxygen atoms in total. The standard InChI is InChI=1S/C30H27N3O3/c1-3-21-12-15-25(16-13-21)33-19-18-23-20-22(14-17-27(23)33)8-7-11-26(28(31-2)30(35)36)29(34)32-24-9-5-4-6-10-24/h4-20H,3H2,1-2H3,(H,32,34)(H,35,36)/b8-7+,26-11-,31-28+. The number of hydrogen-bond donors (Lipinski definition) is 2. The van der Waals surface area contributed by atoms with Crippen molar-refractivity contribution in [1.82, 2.24) is 4.57 Å². The number of carbonyl (C=O) groups excluding carboxylic acids is 1. The number of carbonyl (C=O) groups is 2. The number of carboxylic acid groups (broad SMARTS) is 1. The number of para-hydroxylation sites is 1. The van der Waals surface area contributed by atoms with E-state index in [1.165, 1.54) is 18.7 Å². The molecular weight excluding hydrogens is 450 g/mol. The highest BCUT2D eigenvalue weighted by Crippen LogP contribution is 2.23. The molecule has 1 heterocycles. The number of allylic oxidation sites excluding steroid dienone is 2. The van der Waals surface area contributed by atoms with Gasteiger partial charge in [0.25, 0.3) is 5.91 Å². The number of nitrogens with one attached hydrogen (secondary N) is 1. The van der Waals surface area contributed by atoms with Crippen LogP contribution in [-0.4, -0.2) is 34.3 Å². The van der Waals surface area contributed by atoms with Gasteiger partial charge in [0.05, 0.1) is 11.1 Å². The van der Waals surface area contributed by atoms with Crippen molar-refractivity contribution in [2.24, 2.45) is 4.99 Å². The molecule has 0 aliphatic heterocycles. The highest BCUT2D eigenvalue weighted by Gasteiger charge is 2.21. The fourth-order valence-corrected chi connectivity index (χ4v) is 3.95. The Morgan fingerprint density at radius 2 is 1.75 bits per heavy atom. The SMILES string of the molecule is CCc1ccc(-n2ccc3cc(/C=C/C=C(C(=O)Nc4ccccc4)/C(=N\C)C(=O)O)ccc32)cc1. The van der Waals surface area contributed by atoms with Gasteiger partial charge in [0.1, 0.15) is 0 Å². The number of anilines is 1. The van der Waals surface area contributed by atoms with Crippen LogP contribution in [0.25, 0.3) is 22.7 Å². The van der Waals surface area contributed by atoms with Gasteiger partial charge in [-0.05, 0) is 66.1 Å². The van der Waals surface area contributed by atoms with Crippen LogP contribution in [0, 0.1) is 0 Å². The van der Waals surface area contributed by atoms with Crippen LogP contribution < -0.4 is 5.32 Å². The van der Waals surface area contributed by atoms with Crippen LogP contribution in [0.3, 0.4) is 0 Å². The van der Waals surface area contributed by atoms with Crippen molar-refractivity contribution >= 4 is 40.3 Å². The number of aromatic nitrogens is 1. The van der Waals surface area contributed by atoms with Crippen LogP contribution in [0.2, 0.25) is 0 Å². The number of aliphatic imine (C=N–C) groups is 1. The zero-order valence-corrected chi connectivity index (χ0v) is 20.2. The van der Waals surface area contributed by atoms with E-state index in [9.17, 15) is 14.7 Å². The van der Waals surface area contributed by atoms with E-state index in [0.717, 1.165) is 28.6 Å². The first-order valence-corrected chi connectivity index (χ1v) is 11.7. The maximum atomic E-state index is 12.9. The van der Waals surface area contributed by atoms with Gasteiger partial charge in [0, 0.05) is 30.0 Å². The second kappa shape index (κ2) is 11.1. The first kappa shape index (κ1) is 24.4. The number of fused-ring (bicyclic) bond motifs is 1. The topological polar surface area (TPSA) is 83.7 Å². The number of benzene rings is 3. The third-order valence-electron chi connectivity index (χ3n) is 5.85. The lowest BCUT2D eigenvalue weighted by molar-refractivity contribution is -0.129. The zero-order valence-electron chi connectivity index (χ0n) is 20.2. The molecule has 180 valence electrons. The van der Waals surface area contributed by atoms with E-state index in [0.29, 0.717) is 5.69 Å². The second-order valence-corrected chi connectivity index (χ2v) is 8.16. The number of nitrogens with zero attached hydrogens (tertiary/aromatic N) is 2. The summed E-state index contributed by atoms with van der Waals surface area (Å²) in [6, 6.07) is 25.5. The molecule has 36 heavy (non-hydrogen) atoms. The second-order valence-electron chi connectivity index (χ2n) is 8.16. The summed E-state index contributed by atoms with van der Waals surface area (Å²) in [6.45, 7) is 2.14. The minimum absolute atomic E-state index is 0.0344. The normalized spacial score (nSPS) is 12.3. The van der Waals surface area contributed by atoms with Gasteiger partial charge in [-0.3, -0.25) is 9.79 Å². The van der Waals surface area contributed by atoms with E-state index in [1.807, 2.05) is 36.5 Å². The molecule has 0 radical (unpaired) electrons. The molecule has 3 aromatic carbocycles. The van der Waals surface area contributed by atoms with Gasteiger partial charge in [-0.1, -0.05) is 55.5 Å². The number of rotatable bonds is 8. The van der Waals surface area contributed by atoms with Crippen LogP contribution in [0.1, 0.15) is 18.1 Å². The minimum atomic E-state index is -1.27. The molecule has 0 saturated carbocycles. The van der Waals surface area contributed by atoms with Gasteiger partial charge in [0.2, 0.25) is 0 Å². The first-order valence-electron chi connectivity index (χ1n) is 11.7. The van der Waals surface area contributed by atoms with Crippen molar-refractivity contribution in [2.75, 3.05) is 12.4 Å². The quantitative estimate of drug-likeness (QED) is 0.188. The Hall–Kier alpha value is -4.71. The van der Waals surface area contributed by atoms with Crippen LogP contribution >= 0.6 is 0 Å². The highest BCUT2D eigenvalue weighted by molar-refractivity contribution is 6.49. The molecule has 0 unspecified atom stereocenters. The average Bonchev–Trinajstić information content (AvgIpc) is 3.32. The van der Waals surface area contributed by atoms with Gasteiger partial charge < -0.3 is 15.0 Å². The Bertz CT molecular complexity index is 1480. The van der Waals surface area contributed by atoms with Gasteiger partial charge >= 0.3 is 5.97 Å². The monoisotopic (exact) mass is 477 g/mol. The molecular formula is C30H27N3O3. The van der Waals surface area contributed by atoms with E-state index in [4.69, 9.17) is 0 Å². The predicted molar refractivity (Wildman–Crippen MR) is 146 cm³/mol. The molecule has 0 atom stereocenters. The molecule has 0 spiro atoms. The third kappa shape index (κ3) is 5.50. The lowest BCUT2D eigenvalue weighted by Gasteiger charge is -2.08. The molecule has 4 rings (SSSR count). The van der Waals surface area contributed by atoms with Crippen molar-refractivity contribution in [3.05, 3.63) is 114 Å². The molecule has 6 heteroatoms. The van der Waals surface area contributed by atoms with Crippen LogP contribution in [-0.2, 0) is 16.0 Å². The fourth-order valence-electron chi connectivity index (χ4n) is 3.95. The Kier molecular flexibility index (Phi) is 7.56. The molecule has 0 aliphatic rings. The van der Waals surface area contributed by atoms with Gasteiger partial charge in [0.15, 0.2) is 5.71 Å². The first-order chi connectivity index (χ1) is 17.5. The smallest absolute Gasteiger partial charge is 0.354 e. The molecule has 0 saturated heterocycles. The lowest BCUT2D eigenvalue weighted by atomic mass is 10.1. The van der Waals surface area contributed by atoms with Crippen LogP contribution in [0.4, 0.5) is 5.69 Å². The molecule has 1 aromatic heterocycles. The average molecular weight is 478 g/mol. The van der Waals surface area contributed by atoms with Crippen molar-refractivity contribution in [3.8, 4) is 5.69 Å². The predicted octanol–water partition coefficient (Wildman–Crippen LogP) is 5.93. The minimum Gasteiger partial charge on any atom is -0.477 e. The Labute approximate surface area is 209 Å². The van der Waals surface area contributed by atoms with Crippen molar-refractivity contribution in [2.45, 2.75) is 13.3 Å². The molecule has 2 N–H and O–H groups in total. The summed E-state index contributed by atoms with van der Waals surface area (Å²) in [4.78, 5) is 28.3.